The largest absolute Gasteiger partial charge is 0.469 e. The van der Waals surface area contributed by atoms with Crippen molar-refractivity contribution in [1.82, 2.24) is 0 Å². The molecule has 1 aromatic carbocycles. The maximum atomic E-state index is 10.5. The number of allylic oxidation sites excluding steroid dienone is 4. The van der Waals surface area contributed by atoms with Gasteiger partial charge in [0.2, 0.25) is 0 Å². The minimum absolute atomic E-state index is 0.0439. The smallest absolute Gasteiger partial charge is 0.404 e. The van der Waals surface area contributed by atoms with E-state index in [4.69, 9.17) is 9.31 Å². The van der Waals surface area contributed by atoms with E-state index in [-0.39, 0.29) is 30.6 Å². The molecule has 0 radical (unpaired) electrons. The Hall–Kier alpha value is -1.40. The molecule has 0 spiro atoms. The Morgan fingerprint density at radius 3 is 2.19 bits per heavy atom. The number of hydrogen-bond donors (Lipinski definition) is 2. The van der Waals surface area contributed by atoms with Crippen molar-refractivity contribution in [2.24, 2.45) is 0 Å². The molecule has 5 heteroatoms. The molecule has 4 nitrogen and oxygen atoms in total. The van der Waals surface area contributed by atoms with Crippen molar-refractivity contribution in [2.45, 2.75) is 68.8 Å². The summed E-state index contributed by atoms with van der Waals surface area (Å²) in [4.78, 5) is 0. The predicted molar refractivity (Wildman–Crippen MR) is 99.9 cm³/mol. The topological polar surface area (TPSA) is 58.9 Å². The molecule has 0 aromatic heterocycles. The lowest BCUT2D eigenvalue weighted by Gasteiger charge is -2.28. The summed E-state index contributed by atoms with van der Waals surface area (Å²) in [7, 11) is -0.259. The zero-order valence-electron chi connectivity index (χ0n) is 15.6. The van der Waals surface area contributed by atoms with Gasteiger partial charge in [-0.25, -0.2) is 0 Å². The van der Waals surface area contributed by atoms with Crippen molar-refractivity contribution in [3.05, 3.63) is 58.7 Å². The van der Waals surface area contributed by atoms with Crippen molar-refractivity contribution in [1.29, 1.82) is 0 Å². The van der Waals surface area contributed by atoms with E-state index >= 15 is 0 Å². The Labute approximate surface area is 154 Å². The zero-order valence-corrected chi connectivity index (χ0v) is 15.6. The van der Waals surface area contributed by atoms with Crippen molar-refractivity contribution in [2.75, 3.05) is 0 Å². The average Bonchev–Trinajstić information content (AvgIpc) is 3.33. The lowest BCUT2D eigenvalue weighted by Crippen LogP contribution is -2.33. The van der Waals surface area contributed by atoms with E-state index in [0.29, 0.717) is 0 Å². The number of aliphatic hydroxyl groups is 2. The number of rotatable bonds is 1. The lowest BCUT2D eigenvalue weighted by atomic mass is 9.72. The first-order valence-corrected chi connectivity index (χ1v) is 9.44. The van der Waals surface area contributed by atoms with E-state index in [9.17, 15) is 10.2 Å². The van der Waals surface area contributed by atoms with Crippen LogP contribution in [0.5, 0.6) is 0 Å². The van der Waals surface area contributed by atoms with Crippen LogP contribution < -0.4 is 0 Å². The van der Waals surface area contributed by atoms with Crippen LogP contribution in [-0.4, -0.2) is 29.5 Å². The molecule has 2 N–H and O–H groups in total. The predicted octanol–water partition coefficient (Wildman–Crippen LogP) is 3.10. The maximum Gasteiger partial charge on any atom is 0.469 e. The van der Waals surface area contributed by atoms with E-state index in [1.54, 1.807) is 0 Å². The van der Waals surface area contributed by atoms with Gasteiger partial charge in [-0.1, -0.05) is 64.1 Å². The van der Waals surface area contributed by atoms with Crippen molar-refractivity contribution in [3.63, 3.8) is 0 Å². The van der Waals surface area contributed by atoms with Crippen LogP contribution in [0, 0.1) is 0 Å². The molecule has 0 bridgehead atoms. The Morgan fingerprint density at radius 2 is 1.50 bits per heavy atom. The van der Waals surface area contributed by atoms with Gasteiger partial charge in [-0.15, -0.1) is 0 Å². The fourth-order valence-corrected chi connectivity index (χ4v) is 5.17. The van der Waals surface area contributed by atoms with Gasteiger partial charge in [0.05, 0.1) is 18.3 Å². The highest BCUT2D eigenvalue weighted by Gasteiger charge is 2.57. The third-order valence-corrected chi connectivity index (χ3v) is 6.91. The molecule has 0 amide bonds. The van der Waals surface area contributed by atoms with Crippen LogP contribution in [0.4, 0.5) is 0 Å². The van der Waals surface area contributed by atoms with Gasteiger partial charge < -0.3 is 19.5 Å². The number of benzene rings is 1. The second-order valence-corrected chi connectivity index (χ2v) is 9.19. The normalized spacial score (nSPS) is 35.8. The number of hydrogen-bond acceptors (Lipinski definition) is 4. The minimum Gasteiger partial charge on any atom is -0.404 e. The van der Waals surface area contributed by atoms with E-state index in [2.05, 4.69) is 38.1 Å². The van der Waals surface area contributed by atoms with E-state index in [1.165, 1.54) is 0 Å². The average molecular weight is 352 g/mol. The Balaban J connectivity index is 1.59. The molecule has 3 aliphatic carbocycles. The van der Waals surface area contributed by atoms with Crippen molar-refractivity contribution >= 4 is 7.12 Å². The van der Waals surface area contributed by atoms with Crippen LogP contribution in [0.1, 0.15) is 62.2 Å². The second-order valence-electron chi connectivity index (χ2n) is 9.19. The van der Waals surface area contributed by atoms with Crippen molar-refractivity contribution in [3.8, 4) is 0 Å². The van der Waals surface area contributed by atoms with Gasteiger partial charge in [0.1, 0.15) is 6.10 Å². The summed E-state index contributed by atoms with van der Waals surface area (Å²) in [5.74, 6) is 0.161. The van der Waals surface area contributed by atoms with E-state index in [1.807, 2.05) is 26.0 Å². The minimum atomic E-state index is -0.843. The molecule has 1 aliphatic heterocycles. The second kappa shape index (κ2) is 5.11. The monoisotopic (exact) mass is 352 g/mol. The lowest BCUT2D eigenvalue weighted by molar-refractivity contribution is -0.00500. The molecule has 4 aliphatic rings. The fraction of sp³-hybridized carbons (Fsp3) is 0.524. The fourth-order valence-electron chi connectivity index (χ4n) is 5.17. The van der Waals surface area contributed by atoms with Gasteiger partial charge in [-0.3, -0.25) is 0 Å². The highest BCUT2D eigenvalue weighted by molar-refractivity contribution is 6.48. The molecular formula is C21H25BO4. The summed E-state index contributed by atoms with van der Waals surface area (Å²) >= 11 is 0. The van der Waals surface area contributed by atoms with Gasteiger partial charge in [0, 0.05) is 16.6 Å². The summed E-state index contributed by atoms with van der Waals surface area (Å²) < 4.78 is 12.7. The molecule has 26 heavy (non-hydrogen) atoms. The summed E-state index contributed by atoms with van der Waals surface area (Å²) in [6, 6.07) is 4.21. The molecular weight excluding hydrogens is 327 g/mol. The first kappa shape index (κ1) is 16.8. The van der Waals surface area contributed by atoms with E-state index in [0.717, 1.165) is 22.3 Å². The Kier molecular flexibility index (Phi) is 3.29. The SMILES string of the molecule is CC1(C)c2cc3c(cc2[C@H](O)[C@@H]1O)C(C)(C)[C@H]1OB(C2C=CC=C2)O[C@@H]31. The van der Waals surface area contributed by atoms with Crippen molar-refractivity contribution < 1.29 is 19.5 Å². The van der Waals surface area contributed by atoms with Crippen LogP contribution in [-0.2, 0) is 20.1 Å². The Morgan fingerprint density at radius 1 is 0.885 bits per heavy atom. The third-order valence-electron chi connectivity index (χ3n) is 6.91. The number of aliphatic hydroxyl groups excluding tert-OH is 2. The first-order chi connectivity index (χ1) is 12.2. The first-order valence-electron chi connectivity index (χ1n) is 9.44. The van der Waals surface area contributed by atoms with Crippen LogP contribution in [0.2, 0.25) is 5.82 Å². The summed E-state index contributed by atoms with van der Waals surface area (Å²) in [6.45, 7) is 8.33. The summed E-state index contributed by atoms with van der Waals surface area (Å²) in [6.07, 6.45) is 6.49. The van der Waals surface area contributed by atoms with Gasteiger partial charge in [-0.05, 0) is 22.3 Å². The van der Waals surface area contributed by atoms with Crippen LogP contribution in [0.3, 0.4) is 0 Å². The van der Waals surface area contributed by atoms with Gasteiger partial charge in [0.25, 0.3) is 0 Å². The van der Waals surface area contributed by atoms with Gasteiger partial charge >= 0.3 is 7.12 Å². The van der Waals surface area contributed by atoms with Crippen LogP contribution in [0.15, 0.2) is 36.4 Å². The molecule has 4 atom stereocenters. The molecule has 1 saturated heterocycles. The molecule has 136 valence electrons. The van der Waals surface area contributed by atoms with Crippen LogP contribution in [0.25, 0.3) is 0 Å². The van der Waals surface area contributed by atoms with Gasteiger partial charge in [0.15, 0.2) is 0 Å². The maximum absolute atomic E-state index is 10.5. The molecule has 5 rings (SSSR count). The highest BCUT2D eigenvalue weighted by Crippen LogP contribution is 2.56. The summed E-state index contributed by atoms with van der Waals surface area (Å²) in [5.41, 5.74) is 3.45. The molecule has 0 unspecified atom stereocenters. The molecule has 1 aromatic rings. The van der Waals surface area contributed by atoms with E-state index < -0.39 is 17.6 Å². The third kappa shape index (κ3) is 1.95. The quantitative estimate of drug-likeness (QED) is 0.763. The zero-order chi connectivity index (χ0) is 18.4. The summed E-state index contributed by atoms with van der Waals surface area (Å²) in [5, 5.41) is 21.0. The molecule has 0 saturated carbocycles. The van der Waals surface area contributed by atoms with Gasteiger partial charge in [-0.2, -0.15) is 0 Å². The standard InChI is InChI=1S/C21H25BO4/c1-20(2)14-10-13-15(9-12(14)16(23)18(20)24)21(3,4)19-17(13)25-22(26-19)11-7-5-6-8-11/h5-11,16-19,23-24H,1-4H3/t16-,17-,18-,19-/m0/s1. The molecule has 1 fully saturated rings. The van der Waals surface area contributed by atoms with Crippen LogP contribution >= 0.6 is 0 Å². The molecule has 1 heterocycles. The Bertz CT molecular complexity index is 829. The number of fused-ring (bicyclic) bond motifs is 4. The highest BCUT2D eigenvalue weighted by atomic mass is 16.7.